The van der Waals surface area contributed by atoms with E-state index in [0.717, 1.165) is 30.9 Å². The molecular formula is C18H27N3. The molecule has 0 aromatic heterocycles. The highest BCUT2D eigenvalue weighted by Crippen LogP contribution is 2.42. The summed E-state index contributed by atoms with van der Waals surface area (Å²) in [4.78, 5) is 6.95. The first-order valence-corrected chi connectivity index (χ1v) is 8.22. The predicted molar refractivity (Wildman–Crippen MR) is 88.0 cm³/mol. The van der Waals surface area contributed by atoms with Gasteiger partial charge in [0.05, 0.1) is 12.1 Å². The van der Waals surface area contributed by atoms with E-state index in [0.29, 0.717) is 0 Å². The molecule has 114 valence electrons. The molecule has 3 heteroatoms. The summed E-state index contributed by atoms with van der Waals surface area (Å²) >= 11 is 0. The minimum absolute atomic E-state index is 0.186. The van der Waals surface area contributed by atoms with Crippen molar-refractivity contribution in [3.63, 3.8) is 0 Å². The van der Waals surface area contributed by atoms with Crippen LogP contribution in [-0.2, 0) is 6.54 Å². The van der Waals surface area contributed by atoms with Crippen LogP contribution < -0.4 is 5.73 Å². The highest BCUT2D eigenvalue weighted by Gasteiger charge is 2.44. The van der Waals surface area contributed by atoms with Crippen LogP contribution in [0.4, 0.5) is 0 Å². The Hall–Kier alpha value is -1.51. The minimum Gasteiger partial charge on any atom is -0.370 e. The molecule has 0 radical (unpaired) electrons. The number of nitrogens with two attached hydrogens (primary N) is 1. The van der Waals surface area contributed by atoms with E-state index in [1.807, 2.05) is 0 Å². The molecular weight excluding hydrogens is 258 g/mol. The Morgan fingerprint density at radius 2 is 1.90 bits per heavy atom. The maximum Gasteiger partial charge on any atom is 0.192 e. The van der Waals surface area contributed by atoms with Gasteiger partial charge in [-0.1, -0.05) is 44.2 Å². The maximum atomic E-state index is 6.20. The van der Waals surface area contributed by atoms with Crippen LogP contribution >= 0.6 is 0 Å². The number of aliphatic imine (C=N–C) groups is 1. The van der Waals surface area contributed by atoms with E-state index in [1.165, 1.54) is 31.2 Å². The lowest BCUT2D eigenvalue weighted by Gasteiger charge is -2.45. The second-order valence-electron chi connectivity index (χ2n) is 7.05. The second kappa shape index (κ2) is 5.70. The average molecular weight is 285 g/mol. The lowest BCUT2D eigenvalue weighted by Crippen LogP contribution is -2.53. The van der Waals surface area contributed by atoms with E-state index in [-0.39, 0.29) is 5.54 Å². The number of hydrogen-bond acceptors (Lipinski definition) is 3. The Kier molecular flexibility index (Phi) is 3.92. The van der Waals surface area contributed by atoms with Crippen molar-refractivity contribution in [3.8, 4) is 0 Å². The van der Waals surface area contributed by atoms with Crippen molar-refractivity contribution in [1.29, 1.82) is 0 Å². The van der Waals surface area contributed by atoms with Crippen molar-refractivity contribution in [3.05, 3.63) is 35.9 Å². The van der Waals surface area contributed by atoms with Crippen LogP contribution in [0.25, 0.3) is 0 Å². The second-order valence-corrected chi connectivity index (χ2v) is 7.05. The molecule has 3 nitrogen and oxygen atoms in total. The van der Waals surface area contributed by atoms with Gasteiger partial charge in [0, 0.05) is 6.54 Å². The molecule has 0 unspecified atom stereocenters. The maximum absolute atomic E-state index is 6.20. The largest absolute Gasteiger partial charge is 0.370 e. The minimum atomic E-state index is 0.186. The molecule has 1 aromatic carbocycles. The summed E-state index contributed by atoms with van der Waals surface area (Å²) in [6.07, 6.45) is 5.08. The summed E-state index contributed by atoms with van der Waals surface area (Å²) in [5, 5.41) is 0. The first-order valence-electron chi connectivity index (χ1n) is 8.22. The van der Waals surface area contributed by atoms with Crippen molar-refractivity contribution in [2.45, 2.75) is 51.6 Å². The van der Waals surface area contributed by atoms with Crippen LogP contribution in [0, 0.1) is 11.8 Å². The smallest absolute Gasteiger partial charge is 0.192 e. The Bertz CT molecular complexity index is 498. The van der Waals surface area contributed by atoms with E-state index in [9.17, 15) is 0 Å². The summed E-state index contributed by atoms with van der Waals surface area (Å²) in [5.41, 5.74) is 7.71. The molecule has 0 atom stereocenters. The van der Waals surface area contributed by atoms with Crippen LogP contribution in [0.3, 0.4) is 0 Å². The van der Waals surface area contributed by atoms with Gasteiger partial charge in [0.1, 0.15) is 0 Å². The summed E-state index contributed by atoms with van der Waals surface area (Å²) in [7, 11) is 0. The Balaban J connectivity index is 1.74. The molecule has 2 N–H and O–H groups in total. The number of benzene rings is 1. The molecule has 0 saturated heterocycles. The molecule has 1 aliphatic carbocycles. The van der Waals surface area contributed by atoms with Gasteiger partial charge in [-0.05, 0) is 43.1 Å². The molecule has 21 heavy (non-hydrogen) atoms. The molecule has 3 rings (SSSR count). The van der Waals surface area contributed by atoms with E-state index in [4.69, 9.17) is 5.73 Å². The predicted octanol–water partition coefficient (Wildman–Crippen LogP) is 3.40. The third-order valence-corrected chi connectivity index (χ3v) is 5.47. The average Bonchev–Trinajstić information content (AvgIpc) is 2.78. The fourth-order valence-corrected chi connectivity index (χ4v) is 3.93. The van der Waals surface area contributed by atoms with Crippen molar-refractivity contribution < 1.29 is 0 Å². The van der Waals surface area contributed by atoms with Crippen molar-refractivity contribution in [2.75, 3.05) is 6.54 Å². The van der Waals surface area contributed by atoms with Crippen LogP contribution in [0.2, 0.25) is 0 Å². The van der Waals surface area contributed by atoms with Crippen LogP contribution in [0.15, 0.2) is 35.3 Å². The number of guanidine groups is 1. The van der Waals surface area contributed by atoms with Crippen LogP contribution in [0.5, 0.6) is 0 Å². The van der Waals surface area contributed by atoms with Gasteiger partial charge in [-0.3, -0.25) is 4.99 Å². The highest BCUT2D eigenvalue weighted by molar-refractivity contribution is 5.81. The topological polar surface area (TPSA) is 41.6 Å². The Morgan fingerprint density at radius 3 is 2.52 bits per heavy atom. The molecule has 1 spiro atoms. The van der Waals surface area contributed by atoms with E-state index >= 15 is 0 Å². The molecule has 1 fully saturated rings. The van der Waals surface area contributed by atoms with Gasteiger partial charge in [-0.25, -0.2) is 0 Å². The molecule has 1 saturated carbocycles. The molecule has 0 bridgehead atoms. The van der Waals surface area contributed by atoms with Gasteiger partial charge < -0.3 is 10.6 Å². The van der Waals surface area contributed by atoms with Gasteiger partial charge >= 0.3 is 0 Å². The van der Waals surface area contributed by atoms with Crippen molar-refractivity contribution in [2.24, 2.45) is 22.6 Å². The molecule has 1 aromatic rings. The standard InChI is InChI=1S/C18H27N3/c1-14(2)16-8-10-18(11-9-16)13-20-17(19)21(18)12-15-6-4-3-5-7-15/h3-7,14,16H,8-13H2,1-2H3,(H2,19,20). The molecule has 0 amide bonds. The Labute approximate surface area is 128 Å². The van der Waals surface area contributed by atoms with Crippen LogP contribution in [0.1, 0.15) is 45.1 Å². The van der Waals surface area contributed by atoms with Gasteiger partial charge in [0.15, 0.2) is 5.96 Å². The first-order chi connectivity index (χ1) is 10.1. The highest BCUT2D eigenvalue weighted by atomic mass is 15.4. The monoisotopic (exact) mass is 285 g/mol. The molecule has 1 aliphatic heterocycles. The number of nitrogens with zero attached hydrogens (tertiary/aromatic N) is 2. The van der Waals surface area contributed by atoms with E-state index in [2.05, 4.69) is 54.1 Å². The zero-order valence-corrected chi connectivity index (χ0v) is 13.3. The van der Waals surface area contributed by atoms with Crippen LogP contribution in [-0.4, -0.2) is 22.9 Å². The number of rotatable bonds is 3. The van der Waals surface area contributed by atoms with Crippen molar-refractivity contribution in [1.82, 2.24) is 4.90 Å². The molecule has 2 aliphatic rings. The SMILES string of the molecule is CC(C)C1CCC2(CC1)CN=C(N)N2Cc1ccccc1. The first kappa shape index (κ1) is 14.4. The lowest BCUT2D eigenvalue weighted by molar-refractivity contribution is 0.0969. The summed E-state index contributed by atoms with van der Waals surface area (Å²) in [6, 6.07) is 10.6. The van der Waals surface area contributed by atoms with E-state index < -0.39 is 0 Å². The van der Waals surface area contributed by atoms with E-state index in [1.54, 1.807) is 0 Å². The zero-order chi connectivity index (χ0) is 14.9. The van der Waals surface area contributed by atoms with Gasteiger partial charge in [-0.2, -0.15) is 0 Å². The lowest BCUT2D eigenvalue weighted by atomic mass is 9.72. The summed E-state index contributed by atoms with van der Waals surface area (Å²) in [6.45, 7) is 6.48. The zero-order valence-electron chi connectivity index (χ0n) is 13.3. The van der Waals surface area contributed by atoms with Gasteiger partial charge in [0.2, 0.25) is 0 Å². The van der Waals surface area contributed by atoms with Gasteiger partial charge in [-0.15, -0.1) is 0 Å². The third kappa shape index (κ3) is 2.78. The third-order valence-electron chi connectivity index (χ3n) is 5.47. The quantitative estimate of drug-likeness (QED) is 0.924. The Morgan fingerprint density at radius 1 is 1.24 bits per heavy atom. The molecule has 1 heterocycles. The van der Waals surface area contributed by atoms with Gasteiger partial charge in [0.25, 0.3) is 0 Å². The number of hydrogen-bond donors (Lipinski definition) is 1. The summed E-state index contributed by atoms with van der Waals surface area (Å²) < 4.78 is 0. The van der Waals surface area contributed by atoms with Crippen molar-refractivity contribution >= 4 is 5.96 Å². The fourth-order valence-electron chi connectivity index (χ4n) is 3.93. The fraction of sp³-hybridized carbons (Fsp3) is 0.611. The normalized spacial score (nSPS) is 29.2. The summed E-state index contributed by atoms with van der Waals surface area (Å²) in [5.74, 6) is 2.41.